The van der Waals surface area contributed by atoms with Crippen LogP contribution in [0, 0.1) is 5.92 Å². The second kappa shape index (κ2) is 6.78. The number of nitrogens with two attached hydrogens (primary N) is 1. The van der Waals surface area contributed by atoms with Gasteiger partial charge in [0.1, 0.15) is 0 Å². The molecule has 0 aliphatic heterocycles. The maximum absolute atomic E-state index is 11.5. The van der Waals surface area contributed by atoms with Crippen LogP contribution >= 0.6 is 11.8 Å². The summed E-state index contributed by atoms with van der Waals surface area (Å²) in [6, 6.07) is -0.0559. The summed E-state index contributed by atoms with van der Waals surface area (Å²) in [4.78, 5) is 22.8. The van der Waals surface area contributed by atoms with Crippen molar-refractivity contribution < 1.29 is 9.59 Å². The number of thioether (sulfide) groups is 1. The van der Waals surface area contributed by atoms with Crippen molar-refractivity contribution in [3.8, 4) is 0 Å². The Kier molecular flexibility index (Phi) is 5.66. The highest BCUT2D eigenvalue weighted by Crippen LogP contribution is 2.23. The molecule has 0 unspecified atom stereocenters. The number of hydrogen-bond acceptors (Lipinski definition) is 3. The lowest BCUT2D eigenvalue weighted by atomic mass is 9.94. The lowest BCUT2D eigenvalue weighted by Gasteiger charge is -2.23. The molecule has 92 valence electrons. The Morgan fingerprint density at radius 2 is 2.00 bits per heavy atom. The number of amides is 2. The molecule has 3 N–H and O–H groups in total. The van der Waals surface area contributed by atoms with Gasteiger partial charge in [0.2, 0.25) is 11.8 Å². The van der Waals surface area contributed by atoms with Gasteiger partial charge in [-0.1, -0.05) is 19.3 Å². The summed E-state index contributed by atoms with van der Waals surface area (Å²) in [5, 5.41) is 2.93. The smallest absolute Gasteiger partial charge is 0.230 e. The normalized spacial score (nSPS) is 25.8. The minimum atomic E-state index is -0.281. The quantitative estimate of drug-likeness (QED) is 0.722. The molecule has 0 heterocycles. The molecule has 2 atom stereocenters. The fourth-order valence-corrected chi connectivity index (χ4v) is 2.55. The van der Waals surface area contributed by atoms with Gasteiger partial charge in [0.25, 0.3) is 0 Å². The minimum Gasteiger partial charge on any atom is -0.369 e. The SMILES string of the molecule is CSCC(=O)N[C@H]1CCCCC[C@@H]1C(N)=O. The number of nitrogens with one attached hydrogen (secondary N) is 1. The summed E-state index contributed by atoms with van der Waals surface area (Å²) in [7, 11) is 0. The van der Waals surface area contributed by atoms with Crippen LogP contribution in [-0.4, -0.2) is 29.9 Å². The number of carbonyl (C=O) groups excluding carboxylic acids is 2. The molecule has 1 rings (SSSR count). The van der Waals surface area contributed by atoms with Gasteiger partial charge in [0, 0.05) is 6.04 Å². The van der Waals surface area contributed by atoms with Crippen molar-refractivity contribution in [3.05, 3.63) is 0 Å². The molecule has 0 aromatic carbocycles. The van der Waals surface area contributed by atoms with Crippen LogP contribution in [0.5, 0.6) is 0 Å². The summed E-state index contributed by atoms with van der Waals surface area (Å²) < 4.78 is 0. The van der Waals surface area contributed by atoms with Crippen LogP contribution in [0.3, 0.4) is 0 Å². The zero-order valence-electron chi connectivity index (χ0n) is 9.70. The summed E-state index contributed by atoms with van der Waals surface area (Å²) in [5.74, 6) is -0.0163. The van der Waals surface area contributed by atoms with Gasteiger partial charge >= 0.3 is 0 Å². The highest BCUT2D eigenvalue weighted by atomic mass is 32.2. The van der Waals surface area contributed by atoms with E-state index in [0.717, 1.165) is 32.1 Å². The Morgan fingerprint density at radius 1 is 1.31 bits per heavy atom. The molecule has 5 heteroatoms. The molecule has 1 aliphatic rings. The molecule has 2 amide bonds. The van der Waals surface area contributed by atoms with Gasteiger partial charge in [-0.25, -0.2) is 0 Å². The fraction of sp³-hybridized carbons (Fsp3) is 0.818. The van der Waals surface area contributed by atoms with Gasteiger partial charge in [-0.2, -0.15) is 11.8 Å². The Hall–Kier alpha value is -0.710. The van der Waals surface area contributed by atoms with Crippen molar-refractivity contribution >= 4 is 23.6 Å². The highest BCUT2D eigenvalue weighted by Gasteiger charge is 2.28. The van der Waals surface area contributed by atoms with E-state index in [1.807, 2.05) is 6.26 Å². The summed E-state index contributed by atoms with van der Waals surface area (Å²) in [6.45, 7) is 0. The number of hydrogen-bond donors (Lipinski definition) is 2. The second-order valence-corrected chi connectivity index (χ2v) is 5.12. The van der Waals surface area contributed by atoms with E-state index in [4.69, 9.17) is 5.73 Å². The summed E-state index contributed by atoms with van der Waals surface area (Å²) in [5.41, 5.74) is 5.38. The lowest BCUT2D eigenvalue weighted by Crippen LogP contribution is -2.45. The summed E-state index contributed by atoms with van der Waals surface area (Å²) in [6.07, 6.45) is 6.78. The maximum Gasteiger partial charge on any atom is 0.230 e. The lowest BCUT2D eigenvalue weighted by molar-refractivity contribution is -0.124. The van der Waals surface area contributed by atoms with Crippen LogP contribution in [-0.2, 0) is 9.59 Å². The molecule has 0 aromatic heterocycles. The van der Waals surface area contributed by atoms with Crippen LogP contribution < -0.4 is 11.1 Å². The third-order valence-corrected chi connectivity index (χ3v) is 3.55. The van der Waals surface area contributed by atoms with E-state index in [9.17, 15) is 9.59 Å². The Bertz CT molecular complexity index is 258. The van der Waals surface area contributed by atoms with Crippen molar-refractivity contribution in [1.82, 2.24) is 5.32 Å². The molecule has 0 radical (unpaired) electrons. The minimum absolute atomic E-state index is 0.00523. The maximum atomic E-state index is 11.5. The summed E-state index contributed by atoms with van der Waals surface area (Å²) >= 11 is 1.48. The largest absolute Gasteiger partial charge is 0.369 e. The molecule has 0 saturated heterocycles. The molecule has 16 heavy (non-hydrogen) atoms. The van der Waals surface area contributed by atoms with E-state index in [-0.39, 0.29) is 23.8 Å². The first kappa shape index (κ1) is 13.4. The van der Waals surface area contributed by atoms with Crippen molar-refractivity contribution in [2.75, 3.05) is 12.0 Å². The standard InChI is InChI=1S/C11H20N2O2S/c1-16-7-10(14)13-9-6-4-2-3-5-8(9)11(12)15/h8-9H,2-7H2,1H3,(H2,12,15)(H,13,14)/t8-,9-/m0/s1. The average Bonchev–Trinajstić information content (AvgIpc) is 2.43. The van der Waals surface area contributed by atoms with Crippen molar-refractivity contribution in [1.29, 1.82) is 0 Å². The first-order valence-electron chi connectivity index (χ1n) is 5.72. The highest BCUT2D eigenvalue weighted by molar-refractivity contribution is 7.99. The molecular formula is C11H20N2O2S. The van der Waals surface area contributed by atoms with E-state index in [0.29, 0.717) is 5.75 Å². The Morgan fingerprint density at radius 3 is 2.62 bits per heavy atom. The average molecular weight is 244 g/mol. The van der Waals surface area contributed by atoms with Gasteiger partial charge in [-0.3, -0.25) is 9.59 Å². The third-order valence-electron chi connectivity index (χ3n) is 3.00. The van der Waals surface area contributed by atoms with E-state index in [1.165, 1.54) is 11.8 Å². The van der Waals surface area contributed by atoms with Gasteiger partial charge in [-0.15, -0.1) is 0 Å². The third kappa shape index (κ3) is 4.04. The van der Waals surface area contributed by atoms with Crippen LogP contribution in [0.2, 0.25) is 0 Å². The molecule has 4 nitrogen and oxygen atoms in total. The molecule has 1 aliphatic carbocycles. The van der Waals surface area contributed by atoms with E-state index in [2.05, 4.69) is 5.32 Å². The van der Waals surface area contributed by atoms with Gasteiger partial charge in [-0.05, 0) is 19.1 Å². The zero-order chi connectivity index (χ0) is 12.0. The number of carbonyl (C=O) groups is 2. The van der Waals surface area contributed by atoms with E-state index in [1.54, 1.807) is 0 Å². The van der Waals surface area contributed by atoms with E-state index >= 15 is 0 Å². The van der Waals surface area contributed by atoms with Crippen LogP contribution in [0.15, 0.2) is 0 Å². The molecular weight excluding hydrogens is 224 g/mol. The first-order valence-corrected chi connectivity index (χ1v) is 7.12. The van der Waals surface area contributed by atoms with Crippen LogP contribution in [0.4, 0.5) is 0 Å². The van der Waals surface area contributed by atoms with Crippen molar-refractivity contribution in [2.24, 2.45) is 11.7 Å². The van der Waals surface area contributed by atoms with Gasteiger partial charge in [0.15, 0.2) is 0 Å². The first-order chi connectivity index (χ1) is 7.65. The monoisotopic (exact) mass is 244 g/mol. The fourth-order valence-electron chi connectivity index (χ4n) is 2.20. The molecule has 0 spiro atoms. The number of rotatable bonds is 4. The zero-order valence-corrected chi connectivity index (χ0v) is 10.5. The Labute approximate surface area is 101 Å². The van der Waals surface area contributed by atoms with Crippen molar-refractivity contribution in [3.63, 3.8) is 0 Å². The van der Waals surface area contributed by atoms with Gasteiger partial charge in [0.05, 0.1) is 11.7 Å². The predicted octanol–water partition coefficient (Wildman–Crippen LogP) is 0.900. The van der Waals surface area contributed by atoms with Crippen molar-refractivity contribution in [2.45, 2.75) is 38.1 Å². The second-order valence-electron chi connectivity index (χ2n) is 4.25. The van der Waals surface area contributed by atoms with E-state index < -0.39 is 0 Å². The Balaban J connectivity index is 2.57. The number of primary amides is 1. The predicted molar refractivity (Wildman–Crippen MR) is 66.1 cm³/mol. The van der Waals surface area contributed by atoms with Crippen LogP contribution in [0.1, 0.15) is 32.1 Å². The molecule has 1 saturated carbocycles. The van der Waals surface area contributed by atoms with Crippen LogP contribution in [0.25, 0.3) is 0 Å². The topological polar surface area (TPSA) is 72.2 Å². The molecule has 0 bridgehead atoms. The molecule has 0 aromatic rings. The van der Waals surface area contributed by atoms with Gasteiger partial charge < -0.3 is 11.1 Å². The molecule has 1 fully saturated rings.